The minimum absolute atomic E-state index is 0.191. The topological polar surface area (TPSA) is 102 Å². The van der Waals surface area contributed by atoms with Crippen molar-refractivity contribution in [3.05, 3.63) is 81.7 Å². The molecule has 0 fully saturated rings. The van der Waals surface area contributed by atoms with Crippen LogP contribution in [0, 0.1) is 20.8 Å². The van der Waals surface area contributed by atoms with Crippen LogP contribution in [0.4, 0.5) is 5.82 Å². The van der Waals surface area contributed by atoms with Crippen LogP contribution in [-0.4, -0.2) is 27.6 Å². The van der Waals surface area contributed by atoms with Crippen LogP contribution in [0.25, 0.3) is 22.1 Å². The number of ether oxygens (including phenoxy) is 1. The number of carboxylic acids is 1. The van der Waals surface area contributed by atoms with Gasteiger partial charge < -0.3 is 19.6 Å². The van der Waals surface area contributed by atoms with Gasteiger partial charge in [0, 0.05) is 32.8 Å². The van der Waals surface area contributed by atoms with Gasteiger partial charge in [-0.25, -0.2) is 9.78 Å². The van der Waals surface area contributed by atoms with Gasteiger partial charge in [0.1, 0.15) is 11.4 Å². The van der Waals surface area contributed by atoms with E-state index in [0.717, 1.165) is 16.5 Å². The quantitative estimate of drug-likeness (QED) is 0.277. The number of halogens is 1. The normalized spacial score (nSPS) is 12.5. The number of para-hydroxylation sites is 1. The summed E-state index contributed by atoms with van der Waals surface area (Å²) in [5.41, 5.74) is 3.37. The van der Waals surface area contributed by atoms with E-state index < -0.39 is 23.6 Å². The van der Waals surface area contributed by atoms with Gasteiger partial charge in [0.2, 0.25) is 0 Å². The second kappa shape index (κ2) is 10.00. The highest BCUT2D eigenvalue weighted by Crippen LogP contribution is 2.40. The number of aryl methyl sites for hydroxylation is 2. The number of rotatable bonds is 6. The lowest BCUT2D eigenvalue weighted by Crippen LogP contribution is -2.29. The van der Waals surface area contributed by atoms with Gasteiger partial charge in [-0.15, -0.1) is 0 Å². The molecule has 0 unspecified atom stereocenters. The van der Waals surface area contributed by atoms with Gasteiger partial charge >= 0.3 is 5.97 Å². The molecule has 37 heavy (non-hydrogen) atoms. The van der Waals surface area contributed by atoms with Gasteiger partial charge in [0.05, 0.1) is 5.60 Å². The highest BCUT2D eigenvalue weighted by atomic mass is 35.5. The number of aliphatic carboxylic acids is 1. The van der Waals surface area contributed by atoms with Gasteiger partial charge in [0.25, 0.3) is 5.91 Å². The number of nitrogens with zero attached hydrogens (tertiary/aromatic N) is 1. The average Bonchev–Trinajstić information content (AvgIpc) is 3.16. The second-order valence-corrected chi connectivity index (χ2v) is 10.4. The van der Waals surface area contributed by atoms with Crippen molar-refractivity contribution in [1.82, 2.24) is 4.98 Å². The van der Waals surface area contributed by atoms with Crippen molar-refractivity contribution >= 4 is 40.3 Å². The Hall–Kier alpha value is -3.68. The molecule has 0 bridgehead atoms. The van der Waals surface area contributed by atoms with E-state index in [4.69, 9.17) is 20.8 Å². The summed E-state index contributed by atoms with van der Waals surface area (Å²) in [6, 6.07) is 14.5. The van der Waals surface area contributed by atoms with E-state index in [1.807, 2.05) is 31.2 Å². The van der Waals surface area contributed by atoms with Crippen LogP contribution in [0.3, 0.4) is 0 Å². The summed E-state index contributed by atoms with van der Waals surface area (Å²) in [5, 5.41) is 14.4. The molecule has 0 saturated carbocycles. The average molecular weight is 521 g/mol. The van der Waals surface area contributed by atoms with Crippen molar-refractivity contribution in [3.63, 3.8) is 0 Å². The van der Waals surface area contributed by atoms with Crippen molar-refractivity contribution in [2.75, 3.05) is 5.32 Å². The Morgan fingerprint density at radius 2 is 1.68 bits per heavy atom. The molecule has 1 amide bonds. The number of benzene rings is 2. The van der Waals surface area contributed by atoms with Crippen molar-refractivity contribution in [2.45, 2.75) is 53.2 Å². The predicted molar refractivity (Wildman–Crippen MR) is 144 cm³/mol. The van der Waals surface area contributed by atoms with Crippen LogP contribution in [-0.2, 0) is 9.53 Å². The highest BCUT2D eigenvalue weighted by molar-refractivity contribution is 6.30. The zero-order chi connectivity index (χ0) is 27.1. The number of aromatic nitrogens is 1. The Balaban J connectivity index is 1.87. The summed E-state index contributed by atoms with van der Waals surface area (Å²) in [7, 11) is 0. The monoisotopic (exact) mass is 520 g/mol. The Bertz CT molecular complexity index is 1500. The van der Waals surface area contributed by atoms with Gasteiger partial charge in [-0.1, -0.05) is 41.9 Å². The first-order valence-corrected chi connectivity index (χ1v) is 12.2. The molecule has 192 valence electrons. The summed E-state index contributed by atoms with van der Waals surface area (Å²) in [5.74, 6) is -1.09. The molecular weight excluding hydrogens is 492 g/mol. The molecule has 0 spiro atoms. The van der Waals surface area contributed by atoms with Crippen LogP contribution in [0.5, 0.6) is 0 Å². The third-order valence-electron chi connectivity index (χ3n) is 6.04. The number of nitrogens with one attached hydrogen (secondary N) is 1. The number of fused-ring (bicyclic) bond motifs is 1. The first-order chi connectivity index (χ1) is 17.4. The highest BCUT2D eigenvalue weighted by Gasteiger charge is 2.33. The second-order valence-electron chi connectivity index (χ2n) is 9.92. The maximum absolute atomic E-state index is 13.3. The van der Waals surface area contributed by atoms with Crippen LogP contribution in [0.15, 0.2) is 52.9 Å². The van der Waals surface area contributed by atoms with E-state index in [-0.39, 0.29) is 5.76 Å². The Morgan fingerprint density at radius 1 is 1.03 bits per heavy atom. The smallest absolute Gasteiger partial charge is 0.337 e. The summed E-state index contributed by atoms with van der Waals surface area (Å²) in [6.45, 7) is 10.7. The minimum Gasteiger partial charge on any atom is -0.479 e. The molecule has 2 N–H and O–H groups in total. The first-order valence-electron chi connectivity index (χ1n) is 11.8. The van der Waals surface area contributed by atoms with Gasteiger partial charge in [-0.2, -0.15) is 0 Å². The molecule has 0 radical (unpaired) electrons. The molecule has 2 aromatic heterocycles. The Morgan fingerprint density at radius 3 is 2.27 bits per heavy atom. The largest absolute Gasteiger partial charge is 0.479 e. The molecule has 1 atom stereocenters. The number of carboxylic acid groups (broad SMARTS) is 1. The van der Waals surface area contributed by atoms with Crippen molar-refractivity contribution in [1.29, 1.82) is 0 Å². The summed E-state index contributed by atoms with van der Waals surface area (Å²) in [6.07, 6.45) is -1.28. The molecule has 4 aromatic rings. The number of hydrogen-bond acceptors (Lipinski definition) is 5. The van der Waals surface area contributed by atoms with Crippen molar-refractivity contribution in [3.8, 4) is 11.1 Å². The molecule has 4 rings (SSSR count). The third kappa shape index (κ3) is 5.38. The Kier molecular flexibility index (Phi) is 7.13. The van der Waals surface area contributed by atoms with Crippen LogP contribution < -0.4 is 5.32 Å². The van der Waals surface area contributed by atoms with E-state index >= 15 is 0 Å². The predicted octanol–water partition coefficient (Wildman–Crippen LogP) is 7.27. The lowest BCUT2D eigenvalue weighted by atomic mass is 9.91. The maximum Gasteiger partial charge on any atom is 0.337 e. The third-order valence-corrected chi connectivity index (χ3v) is 6.29. The molecule has 0 aliphatic carbocycles. The summed E-state index contributed by atoms with van der Waals surface area (Å²) >= 11 is 6.13. The van der Waals surface area contributed by atoms with Crippen molar-refractivity contribution < 1.29 is 23.8 Å². The first kappa shape index (κ1) is 26.4. The number of carbonyl (C=O) groups is 2. The van der Waals surface area contributed by atoms with E-state index in [1.54, 1.807) is 58.9 Å². The van der Waals surface area contributed by atoms with Gasteiger partial charge in [-0.3, -0.25) is 4.79 Å². The molecule has 8 heteroatoms. The fourth-order valence-electron chi connectivity index (χ4n) is 4.39. The summed E-state index contributed by atoms with van der Waals surface area (Å²) in [4.78, 5) is 30.3. The van der Waals surface area contributed by atoms with Crippen LogP contribution in [0.1, 0.15) is 59.8 Å². The lowest BCUT2D eigenvalue weighted by molar-refractivity contribution is -0.160. The lowest BCUT2D eigenvalue weighted by Gasteiger charge is -2.28. The zero-order valence-corrected chi connectivity index (χ0v) is 22.4. The zero-order valence-electron chi connectivity index (χ0n) is 21.6. The molecule has 0 aliphatic rings. The summed E-state index contributed by atoms with van der Waals surface area (Å²) < 4.78 is 11.8. The number of amides is 1. The number of pyridine rings is 1. The number of carbonyl (C=O) groups excluding carboxylic acids is 1. The molecular formula is C29H29ClN2O5. The molecule has 0 aliphatic heterocycles. The molecule has 0 saturated heterocycles. The van der Waals surface area contributed by atoms with E-state index in [0.29, 0.717) is 38.8 Å². The minimum atomic E-state index is -1.28. The van der Waals surface area contributed by atoms with E-state index in [1.165, 1.54) is 0 Å². The van der Waals surface area contributed by atoms with Gasteiger partial charge in [-0.05, 0) is 70.9 Å². The van der Waals surface area contributed by atoms with Crippen molar-refractivity contribution in [2.24, 2.45) is 0 Å². The van der Waals surface area contributed by atoms with Crippen LogP contribution in [0.2, 0.25) is 5.02 Å². The van der Waals surface area contributed by atoms with E-state index in [2.05, 4.69) is 10.3 Å². The standard InChI is InChI=1S/C29H29ClN2O5/c1-15-20-9-7-8-10-21(20)36-24(15)27(33)32-26-16(2)22(18-11-13-19(30)14-12-18)23(17(3)31-26)25(28(34)35)37-29(4,5)6/h7-14,25H,1-6H3,(H,34,35)(H,31,32,33)/t25-/m0/s1. The van der Waals surface area contributed by atoms with Crippen LogP contribution >= 0.6 is 11.6 Å². The fourth-order valence-corrected chi connectivity index (χ4v) is 4.51. The van der Waals surface area contributed by atoms with Gasteiger partial charge in [0.15, 0.2) is 11.9 Å². The SMILES string of the molecule is Cc1nc(NC(=O)c2oc3ccccc3c2C)c(C)c(-c2ccc(Cl)cc2)c1[C@H](OC(C)(C)C)C(=O)O. The molecule has 2 aromatic carbocycles. The fraction of sp³-hybridized carbons (Fsp3) is 0.276. The number of anilines is 1. The number of hydrogen-bond donors (Lipinski definition) is 2. The molecule has 7 nitrogen and oxygen atoms in total. The van der Waals surface area contributed by atoms with E-state index in [9.17, 15) is 14.7 Å². The number of furan rings is 1. The maximum atomic E-state index is 13.3. The molecule has 2 heterocycles. The Labute approximate surface area is 220 Å².